The molecule has 8 nitrogen and oxygen atoms in total. The van der Waals surface area contributed by atoms with Crippen molar-refractivity contribution >= 4 is 29.3 Å². The van der Waals surface area contributed by atoms with Crippen LogP contribution in [0, 0.1) is 6.92 Å². The molecule has 0 aliphatic carbocycles. The molecule has 0 bridgehead atoms. The SMILES string of the molecule is CCc1cc(CC(=O)N2C[C@@H](F)C[C@H]2COc2ccc(C(=O)O)cc2)ccc1NC(=O)Nc1ccccc1C. The Kier molecular flexibility index (Phi) is 8.81. The van der Waals surface area contributed by atoms with Gasteiger partial charge in [-0.15, -0.1) is 0 Å². The van der Waals surface area contributed by atoms with E-state index in [1.807, 2.05) is 44.2 Å². The smallest absolute Gasteiger partial charge is 0.335 e. The highest BCUT2D eigenvalue weighted by atomic mass is 19.1. The van der Waals surface area contributed by atoms with E-state index in [0.717, 1.165) is 22.4 Å². The molecule has 0 saturated carbocycles. The molecule has 0 spiro atoms. The Labute approximate surface area is 226 Å². The molecule has 3 N–H and O–H groups in total. The zero-order valence-corrected chi connectivity index (χ0v) is 21.9. The van der Waals surface area contributed by atoms with Crippen molar-refractivity contribution in [2.75, 3.05) is 23.8 Å². The zero-order chi connectivity index (χ0) is 27.9. The summed E-state index contributed by atoms with van der Waals surface area (Å²) in [5, 5.41) is 14.8. The molecule has 3 aromatic rings. The number of rotatable bonds is 9. The van der Waals surface area contributed by atoms with Crippen molar-refractivity contribution < 1.29 is 28.6 Å². The summed E-state index contributed by atoms with van der Waals surface area (Å²) < 4.78 is 20.0. The average molecular weight is 534 g/mol. The predicted octanol–water partition coefficient (Wildman–Crippen LogP) is 5.46. The van der Waals surface area contributed by atoms with Crippen LogP contribution in [-0.4, -0.2) is 53.3 Å². The number of hydrogen-bond donors (Lipinski definition) is 3. The fraction of sp³-hybridized carbons (Fsp3) is 0.300. The number of aryl methyl sites for hydroxylation is 2. The third-order valence-corrected chi connectivity index (χ3v) is 6.77. The van der Waals surface area contributed by atoms with Gasteiger partial charge in [-0.25, -0.2) is 14.0 Å². The van der Waals surface area contributed by atoms with Gasteiger partial charge in [-0.1, -0.05) is 37.3 Å². The highest BCUT2D eigenvalue weighted by Gasteiger charge is 2.35. The maximum absolute atomic E-state index is 14.3. The number of ether oxygens (including phenoxy) is 1. The Bertz CT molecular complexity index is 1340. The molecule has 39 heavy (non-hydrogen) atoms. The molecular formula is C30H32FN3O5. The molecule has 0 radical (unpaired) electrons. The van der Waals surface area contributed by atoms with Crippen molar-refractivity contribution in [2.24, 2.45) is 0 Å². The Morgan fingerprint density at radius 2 is 1.74 bits per heavy atom. The van der Waals surface area contributed by atoms with Crippen molar-refractivity contribution in [1.82, 2.24) is 4.90 Å². The average Bonchev–Trinajstić information content (AvgIpc) is 3.30. The number of nitrogens with zero attached hydrogens (tertiary/aromatic N) is 1. The van der Waals surface area contributed by atoms with Crippen molar-refractivity contribution in [3.63, 3.8) is 0 Å². The number of urea groups is 1. The van der Waals surface area contributed by atoms with Crippen LogP contribution in [0.2, 0.25) is 0 Å². The highest BCUT2D eigenvalue weighted by Crippen LogP contribution is 2.25. The summed E-state index contributed by atoms with van der Waals surface area (Å²) in [5.41, 5.74) is 4.13. The minimum absolute atomic E-state index is 0.00413. The number of benzene rings is 3. The summed E-state index contributed by atoms with van der Waals surface area (Å²) in [6.07, 6.45) is -0.214. The van der Waals surface area contributed by atoms with Crippen LogP contribution < -0.4 is 15.4 Å². The van der Waals surface area contributed by atoms with Crippen LogP contribution in [0.15, 0.2) is 66.7 Å². The van der Waals surface area contributed by atoms with Crippen molar-refractivity contribution in [3.8, 4) is 5.75 Å². The molecule has 0 unspecified atom stereocenters. The maximum Gasteiger partial charge on any atom is 0.335 e. The van der Waals surface area contributed by atoms with Gasteiger partial charge in [0.25, 0.3) is 0 Å². The van der Waals surface area contributed by atoms with E-state index in [9.17, 15) is 18.8 Å². The second-order valence-corrected chi connectivity index (χ2v) is 9.59. The standard InChI is InChI=1S/C30H32FN3O5/c1-3-21-14-20(8-13-27(21)33-30(38)32-26-7-5-4-6-19(26)2)15-28(35)34-17-23(31)16-24(34)18-39-25-11-9-22(10-12-25)29(36)37/h4-14,23-24H,3,15-18H2,1-2H3,(H,36,37)(H2,32,33,38)/t23-,24-/m0/s1. The Hall–Kier alpha value is -4.40. The summed E-state index contributed by atoms with van der Waals surface area (Å²) in [6.45, 7) is 4.00. The summed E-state index contributed by atoms with van der Waals surface area (Å²) in [4.78, 5) is 38.3. The number of aromatic carboxylic acids is 1. The van der Waals surface area contributed by atoms with Crippen LogP contribution in [0.4, 0.5) is 20.6 Å². The van der Waals surface area contributed by atoms with E-state index in [-0.39, 0.29) is 43.5 Å². The van der Waals surface area contributed by atoms with E-state index in [4.69, 9.17) is 9.84 Å². The molecule has 2 atom stereocenters. The van der Waals surface area contributed by atoms with E-state index in [1.165, 1.54) is 17.0 Å². The predicted molar refractivity (Wildman–Crippen MR) is 147 cm³/mol. The molecule has 1 heterocycles. The molecule has 1 saturated heterocycles. The molecule has 204 valence electrons. The van der Waals surface area contributed by atoms with Gasteiger partial charge in [-0.2, -0.15) is 0 Å². The number of nitrogens with one attached hydrogen (secondary N) is 2. The van der Waals surface area contributed by atoms with Crippen molar-refractivity contribution in [1.29, 1.82) is 0 Å². The summed E-state index contributed by atoms with van der Waals surface area (Å²) in [7, 11) is 0. The second kappa shape index (κ2) is 12.4. The molecular weight excluding hydrogens is 501 g/mol. The van der Waals surface area contributed by atoms with Gasteiger partial charge in [-0.05, 0) is 66.4 Å². The molecule has 1 aliphatic rings. The monoisotopic (exact) mass is 533 g/mol. The molecule has 1 aliphatic heterocycles. The third kappa shape index (κ3) is 7.13. The fourth-order valence-electron chi connectivity index (χ4n) is 4.65. The van der Waals surface area contributed by atoms with Crippen LogP contribution in [0.3, 0.4) is 0 Å². The Morgan fingerprint density at radius 1 is 1.03 bits per heavy atom. The number of likely N-dealkylation sites (tertiary alicyclic amines) is 1. The van der Waals surface area contributed by atoms with Gasteiger partial charge in [0.05, 0.1) is 24.6 Å². The van der Waals surface area contributed by atoms with E-state index < -0.39 is 18.2 Å². The van der Waals surface area contributed by atoms with Crippen LogP contribution in [0.1, 0.15) is 40.4 Å². The Morgan fingerprint density at radius 3 is 2.44 bits per heavy atom. The maximum atomic E-state index is 14.3. The first kappa shape index (κ1) is 27.6. The highest BCUT2D eigenvalue weighted by molar-refractivity contribution is 6.00. The number of anilines is 2. The zero-order valence-electron chi connectivity index (χ0n) is 21.9. The summed E-state index contributed by atoms with van der Waals surface area (Å²) in [6, 6.07) is 18.1. The van der Waals surface area contributed by atoms with Gasteiger partial charge in [0, 0.05) is 17.8 Å². The minimum atomic E-state index is -1.14. The second-order valence-electron chi connectivity index (χ2n) is 9.59. The number of halogens is 1. The van der Waals surface area contributed by atoms with Gasteiger partial charge < -0.3 is 25.4 Å². The first-order valence-electron chi connectivity index (χ1n) is 12.9. The molecule has 3 amide bonds. The van der Waals surface area contributed by atoms with Crippen molar-refractivity contribution in [2.45, 2.75) is 45.3 Å². The number of hydrogen-bond acceptors (Lipinski definition) is 4. The van der Waals surface area contributed by atoms with E-state index in [2.05, 4.69) is 10.6 Å². The summed E-state index contributed by atoms with van der Waals surface area (Å²) >= 11 is 0. The lowest BCUT2D eigenvalue weighted by atomic mass is 10.0. The van der Waals surface area contributed by atoms with Crippen LogP contribution in [0.5, 0.6) is 5.75 Å². The number of carbonyl (C=O) groups excluding carboxylic acids is 2. The number of carbonyl (C=O) groups is 3. The lowest BCUT2D eigenvalue weighted by molar-refractivity contribution is -0.132. The van der Waals surface area contributed by atoms with Crippen LogP contribution in [0.25, 0.3) is 0 Å². The lowest BCUT2D eigenvalue weighted by Crippen LogP contribution is -2.40. The third-order valence-electron chi connectivity index (χ3n) is 6.77. The Balaban J connectivity index is 1.37. The molecule has 3 aromatic carbocycles. The number of carboxylic acid groups (broad SMARTS) is 1. The van der Waals surface area contributed by atoms with E-state index in [0.29, 0.717) is 17.9 Å². The normalized spacial score (nSPS) is 16.5. The number of alkyl halides is 1. The molecule has 4 rings (SSSR count). The fourth-order valence-corrected chi connectivity index (χ4v) is 4.65. The number of amides is 3. The largest absolute Gasteiger partial charge is 0.491 e. The van der Waals surface area contributed by atoms with Crippen LogP contribution in [-0.2, 0) is 17.6 Å². The van der Waals surface area contributed by atoms with Gasteiger partial charge in [0.2, 0.25) is 5.91 Å². The van der Waals surface area contributed by atoms with Gasteiger partial charge in [-0.3, -0.25) is 4.79 Å². The first-order chi connectivity index (χ1) is 18.7. The molecule has 1 fully saturated rings. The summed E-state index contributed by atoms with van der Waals surface area (Å²) in [5.74, 6) is -0.781. The van der Waals surface area contributed by atoms with E-state index in [1.54, 1.807) is 24.3 Å². The minimum Gasteiger partial charge on any atom is -0.491 e. The number of carboxylic acids is 1. The van der Waals surface area contributed by atoms with Gasteiger partial charge in [0.15, 0.2) is 0 Å². The van der Waals surface area contributed by atoms with Crippen molar-refractivity contribution in [3.05, 3.63) is 89.0 Å². The molecule has 0 aromatic heterocycles. The first-order valence-corrected chi connectivity index (χ1v) is 12.9. The van der Waals surface area contributed by atoms with Crippen LogP contribution >= 0.6 is 0 Å². The lowest BCUT2D eigenvalue weighted by Gasteiger charge is -2.25. The van der Waals surface area contributed by atoms with E-state index >= 15 is 0 Å². The van der Waals surface area contributed by atoms with Gasteiger partial charge >= 0.3 is 12.0 Å². The topological polar surface area (TPSA) is 108 Å². The number of para-hydroxylation sites is 1. The molecule has 9 heteroatoms. The quantitative estimate of drug-likeness (QED) is 0.339. The van der Waals surface area contributed by atoms with Gasteiger partial charge in [0.1, 0.15) is 18.5 Å².